The lowest BCUT2D eigenvalue weighted by molar-refractivity contribution is 1.48. The van der Waals surface area contributed by atoms with Gasteiger partial charge in [0.25, 0.3) is 0 Å². The van der Waals surface area contributed by atoms with Crippen LogP contribution in [0.5, 0.6) is 0 Å². The molecule has 0 radical (unpaired) electrons. The maximum atomic E-state index is 10.5. The highest BCUT2D eigenvalue weighted by molar-refractivity contribution is 7.93. The van der Waals surface area contributed by atoms with Crippen molar-refractivity contribution in [1.29, 1.82) is 10.5 Å². The molecule has 4 heteroatoms. The molecule has 0 saturated heterocycles. The summed E-state index contributed by atoms with van der Waals surface area (Å²) >= 11 is 0. The Bertz CT molecular complexity index is 2210. The number of fused-ring (bicyclic) bond motifs is 2. The van der Waals surface area contributed by atoms with E-state index in [1.807, 2.05) is 24.3 Å². The molecular weight excluding hydrogens is 553 g/mol. The van der Waals surface area contributed by atoms with E-state index in [0.29, 0.717) is 16.3 Å². The van der Waals surface area contributed by atoms with E-state index in [9.17, 15) is 10.5 Å². The molecule has 0 aliphatic carbocycles. The minimum absolute atomic E-state index is 0.322. The van der Waals surface area contributed by atoms with Crippen LogP contribution in [0.4, 0.5) is 0 Å². The van der Waals surface area contributed by atoms with Crippen LogP contribution in [0.3, 0.4) is 0 Å². The van der Waals surface area contributed by atoms with Gasteiger partial charge in [-0.2, -0.15) is 10.5 Å². The first-order valence-electron chi connectivity index (χ1n) is 14.2. The van der Waals surface area contributed by atoms with Gasteiger partial charge in [-0.1, -0.05) is 133 Å². The Balaban J connectivity index is 1.44. The summed E-state index contributed by atoms with van der Waals surface area (Å²) in [5.41, 5.74) is 5.13. The molecule has 1 aliphatic heterocycles. The molecule has 1 aliphatic rings. The van der Waals surface area contributed by atoms with Gasteiger partial charge in [-0.15, -0.1) is 0 Å². The third-order valence-corrected chi connectivity index (χ3v) is 12.4. The van der Waals surface area contributed by atoms with Gasteiger partial charge in [-0.3, -0.25) is 0 Å². The Morgan fingerprint density at radius 3 is 1.45 bits per heavy atom. The second-order valence-electron chi connectivity index (χ2n) is 10.6. The summed E-state index contributed by atoms with van der Waals surface area (Å²) < 4.78 is 0. The molecule has 0 fully saturated rings. The van der Waals surface area contributed by atoms with Crippen molar-refractivity contribution in [1.82, 2.24) is 0 Å². The van der Waals surface area contributed by atoms with Crippen LogP contribution < -0.4 is 10.6 Å². The predicted octanol–water partition coefficient (Wildman–Crippen LogP) is 9.22. The second-order valence-corrected chi connectivity index (χ2v) is 14.0. The van der Waals surface area contributed by atoms with Gasteiger partial charge in [0.2, 0.25) is 0 Å². The maximum Gasteiger partial charge on any atom is 0.196 e. The third kappa shape index (κ3) is 4.26. The normalized spacial score (nSPS) is 13.8. The average molecular weight is 578 g/mol. The summed E-state index contributed by atoms with van der Waals surface area (Å²) in [6.45, 7) is 5.39. The highest BCUT2D eigenvalue weighted by atomic mass is 31.2. The number of benzene rings is 6. The lowest BCUT2D eigenvalue weighted by atomic mass is 9.98. The summed E-state index contributed by atoms with van der Waals surface area (Å²) in [5.74, 6) is 0. The van der Waals surface area contributed by atoms with Crippen molar-refractivity contribution in [2.75, 3.05) is 0 Å². The van der Waals surface area contributed by atoms with Crippen LogP contribution in [0.2, 0.25) is 0 Å². The quantitative estimate of drug-likeness (QED) is 0.155. The molecule has 0 spiro atoms. The first-order valence-corrected chi connectivity index (χ1v) is 16.0. The molecule has 0 saturated carbocycles. The SMILES string of the molecule is [C-]#[N+]C1=P(c2ccc(-c3cccc4ccccc34)cc2)(c2ccc(-c3cccc4ccccc34)cc2)C(C#N)=CC(C#N)=C1. The molecule has 7 rings (SSSR count). The summed E-state index contributed by atoms with van der Waals surface area (Å²) in [6, 6.07) is 50.4. The number of nitrogens with zero attached hydrogens (tertiary/aromatic N) is 3. The number of allylic oxidation sites excluding steroid dienone is 3. The molecule has 0 unspecified atom stereocenters. The fraction of sp³-hybridized carbons (Fsp3) is 0. The van der Waals surface area contributed by atoms with Crippen LogP contribution in [-0.2, 0) is 0 Å². The molecule has 44 heavy (non-hydrogen) atoms. The Hall–Kier alpha value is -5.91. The molecule has 1 heterocycles. The number of hydrogen-bond donors (Lipinski definition) is 0. The molecule has 6 aromatic carbocycles. The van der Waals surface area contributed by atoms with Gasteiger partial charge in [-0.05, 0) is 66.6 Å². The lowest BCUT2D eigenvalue weighted by Crippen LogP contribution is -2.23. The summed E-state index contributed by atoms with van der Waals surface area (Å²) in [6.07, 6.45) is 3.33. The maximum absolute atomic E-state index is 10.5. The van der Waals surface area contributed by atoms with Crippen molar-refractivity contribution >= 4 is 44.5 Å². The first kappa shape index (κ1) is 27.0. The Kier molecular flexibility index (Phi) is 6.78. The minimum atomic E-state index is -2.85. The van der Waals surface area contributed by atoms with E-state index in [1.165, 1.54) is 21.5 Å². The van der Waals surface area contributed by atoms with Crippen molar-refractivity contribution in [2.24, 2.45) is 0 Å². The van der Waals surface area contributed by atoms with E-state index in [0.717, 1.165) is 32.9 Å². The topological polar surface area (TPSA) is 51.9 Å². The zero-order valence-electron chi connectivity index (χ0n) is 23.6. The summed E-state index contributed by atoms with van der Waals surface area (Å²) in [5, 5.41) is 27.2. The molecular formula is C40H24N3P. The van der Waals surface area contributed by atoms with Crippen LogP contribution in [0, 0.1) is 29.2 Å². The van der Waals surface area contributed by atoms with E-state index < -0.39 is 6.89 Å². The average Bonchev–Trinajstić information content (AvgIpc) is 3.10. The van der Waals surface area contributed by atoms with Crippen molar-refractivity contribution in [2.45, 2.75) is 0 Å². The van der Waals surface area contributed by atoms with E-state index in [1.54, 1.807) is 12.2 Å². The fourth-order valence-corrected chi connectivity index (χ4v) is 10.1. The first-order chi connectivity index (χ1) is 21.7. The van der Waals surface area contributed by atoms with Gasteiger partial charge in [-0.25, -0.2) is 4.85 Å². The molecule has 0 amide bonds. The van der Waals surface area contributed by atoms with Gasteiger partial charge >= 0.3 is 0 Å². The highest BCUT2D eigenvalue weighted by Gasteiger charge is 2.34. The molecule has 204 valence electrons. The number of hydrogen-bond acceptors (Lipinski definition) is 2. The van der Waals surface area contributed by atoms with E-state index >= 15 is 0 Å². The van der Waals surface area contributed by atoms with Crippen LogP contribution in [0.15, 0.2) is 156 Å². The van der Waals surface area contributed by atoms with Crippen molar-refractivity contribution in [3.05, 3.63) is 168 Å². The van der Waals surface area contributed by atoms with Crippen LogP contribution in [0.1, 0.15) is 0 Å². The van der Waals surface area contributed by atoms with Gasteiger partial charge in [0.1, 0.15) is 0 Å². The molecule has 0 aromatic heterocycles. The summed E-state index contributed by atoms with van der Waals surface area (Å²) in [7, 11) is 0. The van der Waals surface area contributed by atoms with Crippen molar-refractivity contribution < 1.29 is 0 Å². The van der Waals surface area contributed by atoms with Gasteiger partial charge < -0.3 is 0 Å². The van der Waals surface area contributed by atoms with Crippen molar-refractivity contribution in [3.63, 3.8) is 0 Å². The van der Waals surface area contributed by atoms with E-state index in [2.05, 4.69) is 126 Å². The van der Waals surface area contributed by atoms with E-state index in [4.69, 9.17) is 6.57 Å². The summed E-state index contributed by atoms with van der Waals surface area (Å²) in [4.78, 5) is 3.99. The minimum Gasteiger partial charge on any atom is -0.237 e. The standard InChI is InChI=1S/C40H24N3P/c1-43-40-25-28(26-41)24-35(27-42)44(40,33-20-16-31(17-21-33)38-14-6-10-29-8-2-4-12-36(29)38)34-22-18-32(19-23-34)39-15-7-11-30-9-3-5-13-37(30)39/h2-25H. The molecule has 0 bridgehead atoms. The fourth-order valence-electron chi connectivity index (χ4n) is 6.30. The molecule has 0 N–H and O–H groups in total. The van der Waals surface area contributed by atoms with Crippen LogP contribution in [-0.4, -0.2) is 5.42 Å². The van der Waals surface area contributed by atoms with Gasteiger partial charge in [0.15, 0.2) is 5.42 Å². The van der Waals surface area contributed by atoms with Gasteiger partial charge in [0, 0.05) is 12.5 Å². The Labute approximate surface area is 256 Å². The molecule has 0 atom stereocenters. The smallest absolute Gasteiger partial charge is 0.196 e. The van der Waals surface area contributed by atoms with Gasteiger partial charge in [0.05, 0.1) is 24.0 Å². The Morgan fingerprint density at radius 2 is 1.00 bits per heavy atom. The van der Waals surface area contributed by atoms with Crippen LogP contribution >= 0.6 is 6.89 Å². The van der Waals surface area contributed by atoms with E-state index in [-0.39, 0.29) is 0 Å². The number of nitriles is 2. The zero-order valence-corrected chi connectivity index (χ0v) is 24.5. The zero-order chi connectivity index (χ0) is 30.1. The molecule has 3 nitrogen and oxygen atoms in total. The van der Waals surface area contributed by atoms with Crippen molar-refractivity contribution in [3.8, 4) is 34.4 Å². The molecule has 6 aromatic rings. The number of rotatable bonds is 4. The predicted molar refractivity (Wildman–Crippen MR) is 184 cm³/mol. The van der Waals surface area contributed by atoms with Crippen LogP contribution in [0.25, 0.3) is 48.6 Å². The largest absolute Gasteiger partial charge is 0.237 e. The highest BCUT2D eigenvalue weighted by Crippen LogP contribution is 2.57. The lowest BCUT2D eigenvalue weighted by Gasteiger charge is -2.30. The monoisotopic (exact) mass is 577 g/mol. The third-order valence-electron chi connectivity index (χ3n) is 8.35. The Morgan fingerprint density at radius 1 is 0.523 bits per heavy atom. The second kappa shape index (κ2) is 11.1.